The molecule has 0 radical (unpaired) electrons. The van der Waals surface area contributed by atoms with Crippen LogP contribution in [0.4, 0.5) is 10.9 Å². The number of Topliss-reactive ketones (excluding diaryl/α,β-unsaturated/α-hetero) is 1. The molecule has 1 aliphatic heterocycles. The predicted octanol–water partition coefficient (Wildman–Crippen LogP) is 5.28. The van der Waals surface area contributed by atoms with Gasteiger partial charge in [-0.1, -0.05) is 48.5 Å². The van der Waals surface area contributed by atoms with Gasteiger partial charge in [-0.2, -0.15) is 5.26 Å². The van der Waals surface area contributed by atoms with E-state index in [1.165, 1.54) is 36.4 Å². The van der Waals surface area contributed by atoms with Crippen molar-refractivity contribution in [2.24, 2.45) is 11.1 Å². The van der Waals surface area contributed by atoms with Crippen LogP contribution in [0.1, 0.15) is 38.2 Å². The number of hydrogen-bond donors (Lipinski definition) is 2. The lowest BCUT2D eigenvalue weighted by molar-refractivity contribution is -0.118. The van der Waals surface area contributed by atoms with Crippen LogP contribution in [0, 0.1) is 16.7 Å². The van der Waals surface area contributed by atoms with E-state index in [1.54, 1.807) is 42.3 Å². The number of nitrogens with zero attached hydrogens (tertiary/aromatic N) is 5. The molecule has 0 saturated heterocycles. The summed E-state index contributed by atoms with van der Waals surface area (Å²) in [5, 5.41) is 22.6. The SMILES string of the molecule is COc1ccc(OC)c(C2C(C#N)=C(N)N(c3nnc(SCC(=O)Nc4ccc(Cl)cn4)s3)C3=C2C(=O)CC(C)(C)C3)c1. The number of thioether (sulfide) groups is 1. The van der Waals surface area contributed by atoms with E-state index in [2.05, 4.69) is 26.6 Å². The van der Waals surface area contributed by atoms with Gasteiger partial charge in [0.15, 0.2) is 10.1 Å². The number of pyridine rings is 1. The largest absolute Gasteiger partial charge is 0.497 e. The smallest absolute Gasteiger partial charge is 0.235 e. The summed E-state index contributed by atoms with van der Waals surface area (Å²) in [6, 6.07) is 10.8. The maximum absolute atomic E-state index is 13.9. The van der Waals surface area contributed by atoms with Crippen LogP contribution in [-0.2, 0) is 9.59 Å². The van der Waals surface area contributed by atoms with E-state index in [9.17, 15) is 14.9 Å². The van der Waals surface area contributed by atoms with Crippen LogP contribution in [0.5, 0.6) is 11.5 Å². The molecule has 1 aliphatic carbocycles. The molecule has 2 aliphatic rings. The number of hydrogen-bond acceptors (Lipinski definition) is 12. The van der Waals surface area contributed by atoms with Gasteiger partial charge in [-0.05, 0) is 42.2 Å². The Morgan fingerprint density at radius 1 is 1.26 bits per heavy atom. The van der Waals surface area contributed by atoms with E-state index in [1.807, 2.05) is 13.8 Å². The molecule has 0 saturated carbocycles. The Morgan fingerprint density at radius 3 is 2.72 bits per heavy atom. The number of ketones is 1. The molecule has 0 spiro atoms. The number of allylic oxidation sites excluding steroid dienone is 3. The molecule has 1 atom stereocenters. The Balaban J connectivity index is 1.51. The number of methoxy groups -OCH3 is 2. The number of carbonyl (C=O) groups is 2. The van der Waals surface area contributed by atoms with E-state index < -0.39 is 5.92 Å². The van der Waals surface area contributed by atoms with Gasteiger partial charge < -0.3 is 20.5 Å². The van der Waals surface area contributed by atoms with E-state index >= 15 is 0 Å². The minimum Gasteiger partial charge on any atom is -0.497 e. The van der Waals surface area contributed by atoms with Crippen molar-refractivity contribution in [2.75, 3.05) is 30.2 Å². The number of carbonyl (C=O) groups excluding carboxylic acids is 2. The summed E-state index contributed by atoms with van der Waals surface area (Å²) in [6.07, 6.45) is 2.26. The van der Waals surface area contributed by atoms with Crippen LogP contribution < -0.4 is 25.4 Å². The molecule has 3 heterocycles. The minimum absolute atomic E-state index is 0.0604. The summed E-state index contributed by atoms with van der Waals surface area (Å²) in [7, 11) is 3.08. The van der Waals surface area contributed by atoms with Crippen molar-refractivity contribution in [3.63, 3.8) is 0 Å². The second-order valence-corrected chi connectivity index (χ2v) is 13.3. The Hall–Kier alpha value is -4.12. The molecular weight excluding hydrogens is 610 g/mol. The molecule has 3 aromatic rings. The monoisotopic (exact) mass is 637 g/mol. The van der Waals surface area contributed by atoms with Crippen LogP contribution in [-0.4, -0.2) is 46.8 Å². The number of ether oxygens (including phenoxy) is 2. The Morgan fingerprint density at radius 2 is 2.05 bits per heavy atom. The summed E-state index contributed by atoms with van der Waals surface area (Å²) in [6.45, 7) is 4.03. The molecule has 14 heteroatoms. The van der Waals surface area contributed by atoms with Crippen molar-refractivity contribution in [3.8, 4) is 17.6 Å². The number of halogens is 1. The maximum atomic E-state index is 13.9. The van der Waals surface area contributed by atoms with Gasteiger partial charge in [0.25, 0.3) is 0 Å². The van der Waals surface area contributed by atoms with Crippen molar-refractivity contribution >= 4 is 57.3 Å². The highest BCUT2D eigenvalue weighted by Gasteiger charge is 2.46. The van der Waals surface area contributed by atoms with Gasteiger partial charge in [-0.25, -0.2) is 4.98 Å². The normalized spacial score (nSPS) is 17.8. The lowest BCUT2D eigenvalue weighted by Gasteiger charge is -2.42. The molecule has 43 heavy (non-hydrogen) atoms. The molecule has 3 N–H and O–H groups in total. The quantitative estimate of drug-likeness (QED) is 0.310. The van der Waals surface area contributed by atoms with Gasteiger partial charge in [-0.15, -0.1) is 10.2 Å². The molecule has 1 unspecified atom stereocenters. The van der Waals surface area contributed by atoms with Gasteiger partial charge in [0.2, 0.25) is 11.0 Å². The zero-order valence-corrected chi connectivity index (χ0v) is 26.2. The molecule has 0 fully saturated rings. The van der Waals surface area contributed by atoms with Gasteiger partial charge in [0.1, 0.15) is 23.1 Å². The maximum Gasteiger partial charge on any atom is 0.235 e. The summed E-state index contributed by atoms with van der Waals surface area (Å²) in [5.74, 6) is 0.545. The lowest BCUT2D eigenvalue weighted by atomic mass is 9.68. The molecule has 0 bridgehead atoms. The summed E-state index contributed by atoms with van der Waals surface area (Å²) < 4.78 is 11.6. The predicted molar refractivity (Wildman–Crippen MR) is 165 cm³/mol. The average Bonchev–Trinajstić information content (AvgIpc) is 3.44. The number of nitrogens with two attached hydrogens (primary N) is 1. The highest BCUT2D eigenvalue weighted by atomic mass is 35.5. The van der Waals surface area contributed by atoms with Crippen LogP contribution in [0.2, 0.25) is 5.02 Å². The number of benzene rings is 1. The molecule has 222 valence electrons. The number of nitriles is 1. The number of nitrogens with one attached hydrogen (secondary N) is 1. The first-order valence-electron chi connectivity index (χ1n) is 13.1. The molecule has 5 rings (SSSR count). The Labute approximate surface area is 261 Å². The minimum atomic E-state index is -0.753. The molecule has 1 aromatic carbocycles. The van der Waals surface area contributed by atoms with Crippen LogP contribution in [0.25, 0.3) is 0 Å². The molecule has 2 aromatic heterocycles. The van der Waals surface area contributed by atoms with Gasteiger partial charge in [0, 0.05) is 29.5 Å². The first-order valence-corrected chi connectivity index (χ1v) is 15.3. The number of amides is 1. The Kier molecular flexibility index (Phi) is 8.64. The highest BCUT2D eigenvalue weighted by molar-refractivity contribution is 8.01. The Bertz CT molecular complexity index is 1700. The van der Waals surface area contributed by atoms with E-state index in [-0.39, 0.29) is 34.3 Å². The van der Waals surface area contributed by atoms with Gasteiger partial charge >= 0.3 is 0 Å². The zero-order chi connectivity index (χ0) is 30.9. The third-order valence-corrected chi connectivity index (χ3v) is 9.30. The first-order chi connectivity index (χ1) is 20.5. The number of anilines is 2. The standard InChI is InChI=1S/C29H28ClN7O4S2/c1-29(2)10-19-25(20(38)11-29)24(17-9-16(40-3)6-7-21(17)41-4)18(12-31)26(32)37(19)27-35-36-28(43-27)42-14-23(39)34-22-8-5-15(30)13-33-22/h5-9,13,24H,10-11,14,32H2,1-4H3,(H,33,34,39). The van der Waals surface area contributed by atoms with Crippen molar-refractivity contribution in [1.82, 2.24) is 15.2 Å². The van der Waals surface area contributed by atoms with E-state index in [0.29, 0.717) is 61.5 Å². The third-order valence-electron chi connectivity index (χ3n) is 7.04. The number of rotatable bonds is 8. The molecule has 11 nitrogen and oxygen atoms in total. The second kappa shape index (κ2) is 12.2. The fraction of sp³-hybridized carbons (Fsp3) is 0.310. The van der Waals surface area contributed by atoms with Gasteiger partial charge in [0.05, 0.1) is 42.6 Å². The van der Waals surface area contributed by atoms with Crippen molar-refractivity contribution in [1.29, 1.82) is 5.26 Å². The highest BCUT2D eigenvalue weighted by Crippen LogP contribution is 2.52. The van der Waals surface area contributed by atoms with E-state index in [4.69, 9.17) is 26.8 Å². The van der Waals surface area contributed by atoms with Gasteiger partial charge in [-0.3, -0.25) is 14.5 Å². The van der Waals surface area contributed by atoms with Crippen LogP contribution in [0.3, 0.4) is 0 Å². The summed E-state index contributed by atoms with van der Waals surface area (Å²) in [5.41, 5.74) is 8.31. The fourth-order valence-corrected chi connectivity index (χ4v) is 7.00. The van der Waals surface area contributed by atoms with Crippen molar-refractivity contribution < 1.29 is 19.1 Å². The van der Waals surface area contributed by atoms with E-state index in [0.717, 1.165) is 0 Å². The first kappa shape index (κ1) is 30.3. The average molecular weight is 638 g/mol. The molecular formula is C29H28ClN7O4S2. The number of aromatic nitrogens is 3. The van der Waals surface area contributed by atoms with Crippen LogP contribution in [0.15, 0.2) is 63.5 Å². The zero-order valence-electron chi connectivity index (χ0n) is 23.8. The van der Waals surface area contributed by atoms with Crippen molar-refractivity contribution in [3.05, 3.63) is 69.8 Å². The summed E-state index contributed by atoms with van der Waals surface area (Å²) in [4.78, 5) is 32.1. The topological polar surface area (TPSA) is 156 Å². The van der Waals surface area contributed by atoms with Crippen LogP contribution >= 0.6 is 34.7 Å². The molecule has 1 amide bonds. The lowest BCUT2D eigenvalue weighted by Crippen LogP contribution is -2.42. The summed E-state index contributed by atoms with van der Waals surface area (Å²) >= 11 is 8.27. The third kappa shape index (κ3) is 6.17. The fourth-order valence-electron chi connectivity index (χ4n) is 5.21. The van der Waals surface area contributed by atoms with Crippen molar-refractivity contribution in [2.45, 2.75) is 36.9 Å². The second-order valence-electron chi connectivity index (χ2n) is 10.6.